The fourth-order valence-electron chi connectivity index (χ4n) is 5.03. The van der Waals surface area contributed by atoms with Crippen LogP contribution in [0.2, 0.25) is 13.1 Å². The molecule has 0 N–H and O–H groups in total. The molecule has 1 heteroatoms. The minimum atomic E-state index is -1.67. The van der Waals surface area contributed by atoms with Gasteiger partial charge in [0, 0.05) is 6.42 Å². The van der Waals surface area contributed by atoms with E-state index in [9.17, 15) is 0 Å². The lowest BCUT2D eigenvalue weighted by Crippen LogP contribution is -2.39. The third-order valence-electron chi connectivity index (χ3n) is 6.29. The molecule has 0 aromatic heterocycles. The van der Waals surface area contributed by atoms with E-state index in [2.05, 4.69) is 100 Å². The number of hydrogen-bond acceptors (Lipinski definition) is 0. The third kappa shape index (κ3) is 2.28. The van der Waals surface area contributed by atoms with Crippen LogP contribution in [0.4, 0.5) is 0 Å². The maximum absolute atomic E-state index is 2.53. The summed E-state index contributed by atoms with van der Waals surface area (Å²) in [6.45, 7) is 9.74. The number of benzene rings is 3. The highest BCUT2D eigenvalue weighted by atomic mass is 28.3. The number of allylic oxidation sites excluding steroid dienone is 1. The molecule has 2 aliphatic rings. The van der Waals surface area contributed by atoms with Gasteiger partial charge in [0.05, 0.1) is 0 Å². The Morgan fingerprint density at radius 2 is 1.37 bits per heavy atom. The third-order valence-corrected chi connectivity index (χ3v) is 9.84. The highest BCUT2D eigenvalue weighted by Gasteiger charge is 2.46. The van der Waals surface area contributed by atoms with Gasteiger partial charge >= 0.3 is 0 Å². The Bertz CT molecular complexity index is 1080. The van der Waals surface area contributed by atoms with Crippen LogP contribution in [-0.4, -0.2) is 8.07 Å². The molecule has 27 heavy (non-hydrogen) atoms. The monoisotopic (exact) mass is 365 g/mol. The van der Waals surface area contributed by atoms with Gasteiger partial charge in [-0.1, -0.05) is 99.2 Å². The molecule has 3 aromatic rings. The molecule has 0 nitrogen and oxygen atoms in total. The second-order valence-corrected chi connectivity index (χ2v) is 12.9. The van der Waals surface area contributed by atoms with E-state index in [-0.39, 0.29) is 0 Å². The van der Waals surface area contributed by atoms with Gasteiger partial charge in [0.1, 0.15) is 8.07 Å². The topological polar surface area (TPSA) is 0 Å². The molecule has 3 aromatic carbocycles. The summed E-state index contributed by atoms with van der Waals surface area (Å²) >= 11 is 0. The van der Waals surface area contributed by atoms with Crippen molar-refractivity contribution in [1.29, 1.82) is 0 Å². The molecule has 2 bridgehead atoms. The molecule has 0 saturated carbocycles. The highest BCUT2D eigenvalue weighted by Crippen LogP contribution is 2.52. The molecule has 1 aliphatic heterocycles. The molecular formula is C26H25Si. The fraction of sp³-hybridized carbons (Fsp3) is 0.192. The largest absolute Gasteiger partial charge is 0.113 e. The van der Waals surface area contributed by atoms with Gasteiger partial charge in [-0.25, -0.2) is 0 Å². The fourth-order valence-corrected chi connectivity index (χ4v) is 8.66. The first-order chi connectivity index (χ1) is 13.0. The maximum atomic E-state index is 2.53. The highest BCUT2D eigenvalue weighted by molar-refractivity contribution is 7.07. The van der Waals surface area contributed by atoms with E-state index in [4.69, 9.17) is 0 Å². The van der Waals surface area contributed by atoms with Gasteiger partial charge in [-0.2, -0.15) is 0 Å². The van der Waals surface area contributed by atoms with Crippen LogP contribution < -0.4 is 5.19 Å². The first-order valence-corrected chi connectivity index (χ1v) is 12.9. The van der Waals surface area contributed by atoms with Crippen LogP contribution in [-0.2, 0) is 0 Å². The van der Waals surface area contributed by atoms with Crippen molar-refractivity contribution >= 4 is 18.5 Å². The zero-order valence-corrected chi connectivity index (χ0v) is 17.5. The van der Waals surface area contributed by atoms with E-state index >= 15 is 0 Å². The number of hydrogen-bond donors (Lipinski definition) is 0. The Morgan fingerprint density at radius 1 is 0.704 bits per heavy atom. The average molecular weight is 366 g/mol. The van der Waals surface area contributed by atoms with Gasteiger partial charge in [-0.05, 0) is 49.7 Å². The van der Waals surface area contributed by atoms with E-state index in [1.807, 2.05) is 0 Å². The smallest absolute Gasteiger partial charge is 0.0622 e. The molecular weight excluding hydrogens is 340 g/mol. The minimum absolute atomic E-state index is 0.579. The number of fused-ring (bicyclic) bond motifs is 1. The maximum Gasteiger partial charge on any atom is 0.113 e. The summed E-state index contributed by atoms with van der Waals surface area (Å²) < 4.78 is 0. The zero-order chi connectivity index (χ0) is 18.8. The van der Waals surface area contributed by atoms with Gasteiger partial charge in [-0.15, -0.1) is 0 Å². The second kappa shape index (κ2) is 5.81. The van der Waals surface area contributed by atoms with Gasteiger partial charge in [0.2, 0.25) is 0 Å². The van der Waals surface area contributed by atoms with Crippen LogP contribution in [0.15, 0.2) is 72.3 Å². The Balaban J connectivity index is 1.83. The summed E-state index contributed by atoms with van der Waals surface area (Å²) in [6.07, 6.45) is 2.46. The van der Waals surface area contributed by atoms with E-state index < -0.39 is 8.07 Å². The summed E-state index contributed by atoms with van der Waals surface area (Å²) in [4.78, 5) is 0. The van der Waals surface area contributed by atoms with E-state index in [0.29, 0.717) is 5.92 Å². The molecule has 0 fully saturated rings. The Morgan fingerprint density at radius 3 is 2.07 bits per heavy atom. The minimum Gasteiger partial charge on any atom is -0.0622 e. The summed E-state index contributed by atoms with van der Waals surface area (Å²) in [5.74, 6) is 0.579. The van der Waals surface area contributed by atoms with Crippen LogP contribution in [0.25, 0.3) is 27.5 Å². The summed E-state index contributed by atoms with van der Waals surface area (Å²) in [7, 11) is -1.67. The average Bonchev–Trinajstić information content (AvgIpc) is 3.14. The first kappa shape index (κ1) is 16.8. The van der Waals surface area contributed by atoms with Gasteiger partial charge < -0.3 is 0 Å². The van der Waals surface area contributed by atoms with Crippen molar-refractivity contribution in [2.24, 2.45) is 5.92 Å². The van der Waals surface area contributed by atoms with Crippen LogP contribution in [0.3, 0.4) is 0 Å². The van der Waals surface area contributed by atoms with Crippen LogP contribution in [0.5, 0.6) is 0 Å². The lowest BCUT2D eigenvalue weighted by Gasteiger charge is -2.23. The standard InChI is InChI=1S/C26H25Si/c1-17(2)22-16-19-14-15-23-25(24(19)26(22)27(23,3)4)21-13-9-8-12-20(21)18-10-6-5-7-11-18/h5-17H,1-4H3. The molecule has 0 unspecified atom stereocenters. The van der Waals surface area contributed by atoms with E-state index in [1.54, 1.807) is 16.0 Å². The quantitative estimate of drug-likeness (QED) is 0.467. The van der Waals surface area contributed by atoms with E-state index in [0.717, 1.165) is 0 Å². The van der Waals surface area contributed by atoms with Crippen molar-refractivity contribution < 1.29 is 0 Å². The van der Waals surface area contributed by atoms with Gasteiger partial charge in [-0.3, -0.25) is 0 Å². The summed E-state index contributed by atoms with van der Waals surface area (Å²) in [5.41, 5.74) is 10.1. The van der Waals surface area contributed by atoms with Gasteiger partial charge in [0.25, 0.3) is 0 Å². The SMILES string of the molecule is CC(C)C1=C2c3c(ccc(c3-c3ccccc3-c3ccccc3)[Si]2(C)C)[CH]1. The molecule has 1 aliphatic carbocycles. The Hall–Kier alpha value is -2.38. The van der Waals surface area contributed by atoms with Crippen molar-refractivity contribution in [1.82, 2.24) is 0 Å². The normalized spacial score (nSPS) is 16.5. The lowest BCUT2D eigenvalue weighted by atomic mass is 9.91. The molecule has 1 heterocycles. The van der Waals surface area contributed by atoms with Crippen molar-refractivity contribution in [2.75, 3.05) is 0 Å². The van der Waals surface area contributed by atoms with E-state index in [1.165, 1.54) is 33.4 Å². The van der Waals surface area contributed by atoms with Crippen LogP contribution in [0, 0.1) is 12.3 Å². The molecule has 5 rings (SSSR count). The van der Waals surface area contributed by atoms with Crippen molar-refractivity contribution in [3.8, 4) is 22.3 Å². The Labute approximate surface area is 163 Å². The molecule has 133 valence electrons. The molecule has 0 atom stereocenters. The first-order valence-electron chi connectivity index (χ1n) is 9.92. The molecule has 1 radical (unpaired) electrons. The number of rotatable bonds is 3. The van der Waals surface area contributed by atoms with Crippen molar-refractivity contribution in [2.45, 2.75) is 26.9 Å². The van der Waals surface area contributed by atoms with Crippen molar-refractivity contribution in [3.05, 3.63) is 89.9 Å². The molecule has 0 spiro atoms. The zero-order valence-electron chi connectivity index (χ0n) is 16.5. The molecule has 0 saturated heterocycles. The summed E-state index contributed by atoms with van der Waals surface area (Å²) in [5, 5.41) is 3.29. The predicted octanol–water partition coefficient (Wildman–Crippen LogP) is 6.46. The Kier molecular flexibility index (Phi) is 3.61. The molecule has 0 amide bonds. The van der Waals surface area contributed by atoms with Gasteiger partial charge in [0.15, 0.2) is 0 Å². The van der Waals surface area contributed by atoms with Crippen molar-refractivity contribution in [3.63, 3.8) is 0 Å². The predicted molar refractivity (Wildman–Crippen MR) is 120 cm³/mol. The van der Waals surface area contributed by atoms with Crippen LogP contribution >= 0.6 is 0 Å². The summed E-state index contributed by atoms with van der Waals surface area (Å²) in [6, 6.07) is 24.5. The lowest BCUT2D eigenvalue weighted by molar-refractivity contribution is 0.788. The second-order valence-electron chi connectivity index (χ2n) is 8.62. The van der Waals surface area contributed by atoms with Crippen LogP contribution in [0.1, 0.15) is 25.0 Å².